The van der Waals surface area contributed by atoms with Crippen LogP contribution in [0.15, 0.2) is 6.33 Å². The van der Waals surface area contributed by atoms with E-state index in [0.717, 1.165) is 32.7 Å². The van der Waals surface area contributed by atoms with Gasteiger partial charge in [-0.3, -0.25) is 0 Å². The van der Waals surface area contributed by atoms with Crippen molar-refractivity contribution >= 4 is 0 Å². The molecule has 3 heterocycles. The van der Waals surface area contributed by atoms with Gasteiger partial charge in [-0.05, 0) is 19.3 Å². The molecule has 1 aromatic rings. The Morgan fingerprint density at radius 2 is 2.50 bits per heavy atom. The van der Waals surface area contributed by atoms with E-state index < -0.39 is 0 Å². The monoisotopic (exact) mass is 221 g/mol. The normalized spacial score (nSPS) is 25.4. The molecule has 1 fully saturated rings. The van der Waals surface area contributed by atoms with Gasteiger partial charge in [-0.25, -0.2) is 4.98 Å². The summed E-state index contributed by atoms with van der Waals surface area (Å²) in [5.74, 6) is 0. The highest BCUT2D eigenvalue weighted by Gasteiger charge is 2.19. The number of hydrogen-bond donors (Lipinski definition) is 1. The van der Waals surface area contributed by atoms with Crippen molar-refractivity contribution in [2.75, 3.05) is 13.2 Å². The van der Waals surface area contributed by atoms with Crippen molar-refractivity contribution in [3.05, 3.63) is 17.7 Å². The fraction of sp³-hybridized carbons (Fsp3) is 0.750. The topological polar surface area (TPSA) is 39.1 Å². The van der Waals surface area contributed by atoms with Crippen LogP contribution < -0.4 is 5.32 Å². The van der Waals surface area contributed by atoms with Gasteiger partial charge in [0.15, 0.2) is 0 Å². The van der Waals surface area contributed by atoms with E-state index in [4.69, 9.17) is 4.74 Å². The summed E-state index contributed by atoms with van der Waals surface area (Å²) in [5.41, 5.74) is 2.63. The number of rotatable bonds is 2. The molecule has 0 aliphatic carbocycles. The van der Waals surface area contributed by atoms with Crippen LogP contribution in [0.1, 0.15) is 30.7 Å². The van der Waals surface area contributed by atoms with Gasteiger partial charge in [0.25, 0.3) is 0 Å². The molecule has 2 aliphatic rings. The van der Waals surface area contributed by atoms with Gasteiger partial charge in [-0.2, -0.15) is 0 Å². The van der Waals surface area contributed by atoms with Gasteiger partial charge in [0.05, 0.1) is 24.7 Å². The van der Waals surface area contributed by atoms with Crippen LogP contribution in [0.4, 0.5) is 0 Å². The van der Waals surface area contributed by atoms with Crippen molar-refractivity contribution in [2.24, 2.45) is 0 Å². The van der Waals surface area contributed by atoms with Crippen LogP contribution in [0.5, 0.6) is 0 Å². The number of imidazole rings is 1. The summed E-state index contributed by atoms with van der Waals surface area (Å²) >= 11 is 0. The van der Waals surface area contributed by atoms with Gasteiger partial charge in [0.2, 0.25) is 0 Å². The van der Waals surface area contributed by atoms with E-state index in [0.29, 0.717) is 6.10 Å². The minimum absolute atomic E-state index is 0.405. The summed E-state index contributed by atoms with van der Waals surface area (Å²) in [5, 5.41) is 3.35. The lowest BCUT2D eigenvalue weighted by Crippen LogP contribution is -2.28. The molecule has 4 nitrogen and oxygen atoms in total. The molecule has 0 saturated carbocycles. The van der Waals surface area contributed by atoms with Crippen molar-refractivity contribution in [1.82, 2.24) is 14.9 Å². The molecule has 1 saturated heterocycles. The van der Waals surface area contributed by atoms with Crippen LogP contribution in [-0.2, 0) is 24.2 Å². The molecule has 0 radical (unpaired) electrons. The van der Waals surface area contributed by atoms with E-state index in [9.17, 15) is 0 Å². The molecule has 0 amide bonds. The lowest BCUT2D eigenvalue weighted by Gasteiger charge is -2.24. The Kier molecular flexibility index (Phi) is 2.93. The number of fused-ring (bicyclic) bond motifs is 1. The van der Waals surface area contributed by atoms with Crippen LogP contribution in [-0.4, -0.2) is 28.8 Å². The third-order valence-corrected chi connectivity index (χ3v) is 3.54. The first-order valence-corrected chi connectivity index (χ1v) is 6.28. The molecule has 0 bridgehead atoms. The fourth-order valence-corrected chi connectivity index (χ4v) is 2.63. The fourth-order valence-electron chi connectivity index (χ4n) is 2.63. The number of nitrogens with zero attached hydrogens (tertiary/aromatic N) is 2. The van der Waals surface area contributed by atoms with E-state index in [1.54, 1.807) is 0 Å². The van der Waals surface area contributed by atoms with Crippen LogP contribution in [0.3, 0.4) is 0 Å². The molecular formula is C12H19N3O. The Morgan fingerprint density at radius 1 is 1.50 bits per heavy atom. The van der Waals surface area contributed by atoms with Gasteiger partial charge in [-0.1, -0.05) is 0 Å². The minimum atomic E-state index is 0.405. The second-order valence-electron chi connectivity index (χ2n) is 4.71. The standard InChI is InChI=1S/C12H19N3O/c1-2-6-16-10(3-1)8-15-9-14-11-7-13-5-4-12(11)15/h9-10,13H,1-8H2. The Hall–Kier alpha value is -0.870. The third kappa shape index (κ3) is 1.99. The van der Waals surface area contributed by atoms with Crippen LogP contribution in [0.2, 0.25) is 0 Å². The van der Waals surface area contributed by atoms with Crippen LogP contribution in [0, 0.1) is 0 Å². The Balaban J connectivity index is 1.71. The minimum Gasteiger partial charge on any atom is -0.376 e. The summed E-state index contributed by atoms with van der Waals surface area (Å²) in [6.45, 7) is 3.92. The zero-order valence-corrected chi connectivity index (χ0v) is 9.61. The quantitative estimate of drug-likeness (QED) is 0.812. The second-order valence-corrected chi connectivity index (χ2v) is 4.71. The maximum absolute atomic E-state index is 5.78. The summed E-state index contributed by atoms with van der Waals surface area (Å²) in [4.78, 5) is 4.47. The second kappa shape index (κ2) is 4.55. The molecular weight excluding hydrogens is 202 g/mol. The summed E-state index contributed by atoms with van der Waals surface area (Å²) < 4.78 is 8.08. The highest BCUT2D eigenvalue weighted by Crippen LogP contribution is 2.18. The first-order valence-electron chi connectivity index (χ1n) is 6.28. The first kappa shape index (κ1) is 10.3. The molecule has 1 atom stereocenters. The zero-order chi connectivity index (χ0) is 10.8. The molecule has 2 aliphatic heterocycles. The molecule has 0 spiro atoms. The lowest BCUT2D eigenvalue weighted by atomic mass is 10.1. The summed E-state index contributed by atoms with van der Waals surface area (Å²) in [6, 6.07) is 0. The van der Waals surface area contributed by atoms with Crippen LogP contribution >= 0.6 is 0 Å². The molecule has 16 heavy (non-hydrogen) atoms. The number of ether oxygens (including phenoxy) is 1. The smallest absolute Gasteiger partial charge is 0.0953 e. The average molecular weight is 221 g/mol. The maximum Gasteiger partial charge on any atom is 0.0953 e. The average Bonchev–Trinajstić information content (AvgIpc) is 2.74. The van der Waals surface area contributed by atoms with Gasteiger partial charge < -0.3 is 14.6 Å². The van der Waals surface area contributed by atoms with Crippen molar-refractivity contribution in [3.8, 4) is 0 Å². The molecule has 88 valence electrons. The number of nitrogens with one attached hydrogen (secondary N) is 1. The Labute approximate surface area is 96.0 Å². The third-order valence-electron chi connectivity index (χ3n) is 3.54. The zero-order valence-electron chi connectivity index (χ0n) is 9.61. The molecule has 0 aromatic carbocycles. The molecule has 1 aromatic heterocycles. The predicted octanol–water partition coefficient (Wildman–Crippen LogP) is 1.10. The number of hydrogen-bond acceptors (Lipinski definition) is 3. The Bertz CT molecular complexity index is 355. The van der Waals surface area contributed by atoms with Crippen molar-refractivity contribution < 1.29 is 4.74 Å². The summed E-state index contributed by atoms with van der Waals surface area (Å²) in [7, 11) is 0. The van der Waals surface area contributed by atoms with Crippen molar-refractivity contribution in [3.63, 3.8) is 0 Å². The number of aromatic nitrogens is 2. The molecule has 1 unspecified atom stereocenters. The largest absolute Gasteiger partial charge is 0.376 e. The molecule has 4 heteroatoms. The lowest BCUT2D eigenvalue weighted by molar-refractivity contribution is 0.00553. The Morgan fingerprint density at radius 3 is 3.38 bits per heavy atom. The van der Waals surface area contributed by atoms with Gasteiger partial charge in [0.1, 0.15) is 0 Å². The van der Waals surface area contributed by atoms with E-state index >= 15 is 0 Å². The van der Waals surface area contributed by atoms with Gasteiger partial charge >= 0.3 is 0 Å². The SMILES string of the molecule is c1nc2c(n1CC1CCCCO1)CCNC2. The van der Waals surface area contributed by atoms with E-state index in [-0.39, 0.29) is 0 Å². The maximum atomic E-state index is 5.78. The van der Waals surface area contributed by atoms with E-state index in [1.165, 1.54) is 30.7 Å². The van der Waals surface area contributed by atoms with Crippen LogP contribution in [0.25, 0.3) is 0 Å². The summed E-state index contributed by atoms with van der Waals surface area (Å²) in [6.07, 6.45) is 7.22. The first-order chi connectivity index (χ1) is 7.93. The van der Waals surface area contributed by atoms with E-state index in [1.807, 2.05) is 6.33 Å². The van der Waals surface area contributed by atoms with E-state index in [2.05, 4.69) is 14.9 Å². The van der Waals surface area contributed by atoms with Gasteiger partial charge in [0, 0.05) is 31.8 Å². The molecule has 1 N–H and O–H groups in total. The van der Waals surface area contributed by atoms with Crippen molar-refractivity contribution in [1.29, 1.82) is 0 Å². The highest BCUT2D eigenvalue weighted by molar-refractivity contribution is 5.16. The highest BCUT2D eigenvalue weighted by atomic mass is 16.5. The predicted molar refractivity (Wildman–Crippen MR) is 61.2 cm³/mol. The molecule has 3 rings (SSSR count). The van der Waals surface area contributed by atoms with Gasteiger partial charge in [-0.15, -0.1) is 0 Å². The van der Waals surface area contributed by atoms with Crippen molar-refractivity contribution in [2.45, 2.75) is 44.9 Å².